The number of methoxy groups -OCH3 is 2. The third-order valence-electron chi connectivity index (χ3n) is 4.89. The molecule has 0 saturated carbocycles. The smallest absolute Gasteiger partial charge is 0.272 e. The van der Waals surface area contributed by atoms with Gasteiger partial charge in [-0.3, -0.25) is 4.79 Å². The highest BCUT2D eigenvalue weighted by Gasteiger charge is 2.16. The molecule has 0 bridgehead atoms. The van der Waals surface area contributed by atoms with Crippen LogP contribution in [0.4, 0.5) is 4.39 Å². The molecule has 0 aliphatic heterocycles. The molecule has 160 valence electrons. The van der Waals surface area contributed by atoms with Crippen LogP contribution in [-0.4, -0.2) is 31.3 Å². The Bertz CT molecular complexity index is 1300. The summed E-state index contributed by atoms with van der Waals surface area (Å²) in [6.07, 6.45) is 1.45. The maximum atomic E-state index is 13.0. The van der Waals surface area contributed by atoms with E-state index < -0.39 is 5.91 Å². The molecule has 4 rings (SSSR count). The highest BCUT2D eigenvalue weighted by Crippen LogP contribution is 2.34. The zero-order valence-corrected chi connectivity index (χ0v) is 17.5. The number of nitrogens with one attached hydrogen (secondary N) is 1. The lowest BCUT2D eigenvalue weighted by molar-refractivity contribution is 0.0956. The van der Waals surface area contributed by atoms with Gasteiger partial charge in [0.15, 0.2) is 0 Å². The lowest BCUT2D eigenvalue weighted by Crippen LogP contribution is -2.18. The van der Waals surface area contributed by atoms with E-state index in [0.29, 0.717) is 44.8 Å². The Morgan fingerprint density at radius 3 is 2.53 bits per heavy atom. The van der Waals surface area contributed by atoms with Crippen molar-refractivity contribution in [3.63, 3.8) is 0 Å². The molecule has 6 nitrogen and oxygen atoms in total. The quantitative estimate of drug-likeness (QED) is 0.352. The first-order chi connectivity index (χ1) is 15.6. The molecule has 1 heterocycles. The minimum Gasteiger partial charge on any atom is -0.497 e. The summed E-state index contributed by atoms with van der Waals surface area (Å²) in [4.78, 5) is 17.7. The van der Waals surface area contributed by atoms with E-state index in [1.807, 2.05) is 30.3 Å². The van der Waals surface area contributed by atoms with Gasteiger partial charge in [-0.25, -0.2) is 14.8 Å². The van der Waals surface area contributed by atoms with Gasteiger partial charge in [-0.1, -0.05) is 30.3 Å². The number of carbonyl (C=O) groups is 1. The Morgan fingerprint density at radius 2 is 1.78 bits per heavy atom. The van der Waals surface area contributed by atoms with E-state index in [2.05, 4.69) is 10.5 Å². The number of benzene rings is 3. The van der Waals surface area contributed by atoms with Gasteiger partial charge in [0, 0.05) is 10.9 Å². The molecule has 0 aliphatic carbocycles. The van der Waals surface area contributed by atoms with Crippen molar-refractivity contribution < 1.29 is 18.7 Å². The first kappa shape index (κ1) is 21.0. The van der Waals surface area contributed by atoms with Crippen LogP contribution in [0.2, 0.25) is 0 Å². The maximum absolute atomic E-state index is 13.0. The van der Waals surface area contributed by atoms with Gasteiger partial charge in [0.2, 0.25) is 0 Å². The van der Waals surface area contributed by atoms with Gasteiger partial charge in [0.25, 0.3) is 5.91 Å². The number of halogens is 1. The zero-order valence-electron chi connectivity index (χ0n) is 17.5. The highest BCUT2D eigenvalue weighted by molar-refractivity contribution is 6.07. The van der Waals surface area contributed by atoms with E-state index in [-0.39, 0.29) is 5.82 Å². The van der Waals surface area contributed by atoms with Crippen molar-refractivity contribution in [2.75, 3.05) is 14.2 Å². The molecule has 0 saturated heterocycles. The number of pyridine rings is 1. The van der Waals surface area contributed by atoms with Crippen LogP contribution in [0.15, 0.2) is 77.9 Å². The molecule has 0 atom stereocenters. The fourth-order valence-corrected chi connectivity index (χ4v) is 3.29. The van der Waals surface area contributed by atoms with Crippen LogP contribution in [0.25, 0.3) is 22.2 Å². The first-order valence-electron chi connectivity index (χ1n) is 9.80. The molecular weight excluding hydrogens is 409 g/mol. The van der Waals surface area contributed by atoms with Crippen molar-refractivity contribution in [2.24, 2.45) is 5.10 Å². The highest BCUT2D eigenvalue weighted by atomic mass is 19.1. The zero-order chi connectivity index (χ0) is 22.5. The van der Waals surface area contributed by atoms with Gasteiger partial charge >= 0.3 is 0 Å². The normalized spacial score (nSPS) is 11.0. The van der Waals surface area contributed by atoms with E-state index in [9.17, 15) is 9.18 Å². The summed E-state index contributed by atoms with van der Waals surface area (Å²) in [6.45, 7) is 0. The van der Waals surface area contributed by atoms with E-state index in [0.717, 1.165) is 0 Å². The second-order valence-corrected chi connectivity index (χ2v) is 6.89. The van der Waals surface area contributed by atoms with Crippen molar-refractivity contribution >= 4 is 23.0 Å². The third-order valence-corrected chi connectivity index (χ3v) is 4.89. The molecule has 32 heavy (non-hydrogen) atoms. The number of amides is 1. The molecule has 1 N–H and O–H groups in total. The molecule has 3 aromatic carbocycles. The summed E-state index contributed by atoms with van der Waals surface area (Å²) in [5.74, 6) is 0.514. The van der Waals surface area contributed by atoms with Crippen LogP contribution in [0, 0.1) is 5.82 Å². The minimum absolute atomic E-state index is 0.338. The van der Waals surface area contributed by atoms with Gasteiger partial charge in [-0.2, -0.15) is 5.10 Å². The molecule has 1 aromatic heterocycles. The number of para-hydroxylation sites is 1. The summed E-state index contributed by atoms with van der Waals surface area (Å²) >= 11 is 0. The first-order valence-corrected chi connectivity index (χ1v) is 9.80. The fraction of sp³-hybridized carbons (Fsp3) is 0.0800. The number of hydrogen-bond donors (Lipinski definition) is 1. The van der Waals surface area contributed by atoms with Gasteiger partial charge in [-0.15, -0.1) is 0 Å². The molecule has 0 spiro atoms. The number of carbonyl (C=O) groups excluding carboxylic acids is 1. The number of hydrogen-bond acceptors (Lipinski definition) is 5. The number of fused-ring (bicyclic) bond motifs is 1. The van der Waals surface area contributed by atoms with Gasteiger partial charge in [-0.05, 0) is 48.0 Å². The molecule has 0 unspecified atom stereocenters. The second-order valence-electron chi connectivity index (χ2n) is 6.89. The number of hydrazone groups is 1. The van der Waals surface area contributed by atoms with Gasteiger partial charge in [0.05, 0.1) is 37.2 Å². The standard InChI is InChI=1S/C25H20FN3O3/c1-31-18-11-12-24(32-2)21(13-18)23-14-20(19-5-3-4-6-22(19)28-23)25(30)29-27-15-16-7-9-17(26)10-8-16/h3-15H,1-2H3,(H,29,30). The van der Waals surface area contributed by atoms with Crippen molar-refractivity contribution in [2.45, 2.75) is 0 Å². The Labute approximate surface area is 184 Å². The number of nitrogens with zero attached hydrogens (tertiary/aromatic N) is 2. The van der Waals surface area contributed by atoms with Gasteiger partial charge < -0.3 is 9.47 Å². The van der Waals surface area contributed by atoms with E-state index in [1.54, 1.807) is 44.6 Å². The second kappa shape index (κ2) is 9.26. The molecular formula is C25H20FN3O3. The van der Waals surface area contributed by atoms with E-state index >= 15 is 0 Å². The Balaban J connectivity index is 1.73. The van der Waals surface area contributed by atoms with E-state index in [4.69, 9.17) is 14.5 Å². The van der Waals surface area contributed by atoms with Crippen molar-refractivity contribution in [1.82, 2.24) is 10.4 Å². The molecule has 4 aromatic rings. The minimum atomic E-state index is -0.398. The molecule has 1 amide bonds. The third kappa shape index (κ3) is 4.41. The Morgan fingerprint density at radius 1 is 1.00 bits per heavy atom. The number of rotatable bonds is 6. The van der Waals surface area contributed by atoms with Crippen molar-refractivity contribution in [3.05, 3.63) is 89.7 Å². The lowest BCUT2D eigenvalue weighted by Gasteiger charge is -2.13. The number of ether oxygens (including phenoxy) is 2. The predicted molar refractivity (Wildman–Crippen MR) is 122 cm³/mol. The van der Waals surface area contributed by atoms with Crippen LogP contribution >= 0.6 is 0 Å². The van der Waals surface area contributed by atoms with Crippen molar-refractivity contribution in [3.8, 4) is 22.8 Å². The average Bonchev–Trinajstić information content (AvgIpc) is 2.84. The lowest BCUT2D eigenvalue weighted by atomic mass is 10.0. The summed E-state index contributed by atoms with van der Waals surface area (Å²) in [7, 11) is 3.15. The predicted octanol–water partition coefficient (Wildman–Crippen LogP) is 4.82. The summed E-state index contributed by atoms with van der Waals surface area (Å²) in [5, 5.41) is 4.69. The van der Waals surface area contributed by atoms with Crippen LogP contribution in [0.3, 0.4) is 0 Å². The molecule has 0 fully saturated rings. The average molecular weight is 429 g/mol. The maximum Gasteiger partial charge on any atom is 0.272 e. The summed E-state index contributed by atoms with van der Waals surface area (Å²) in [6, 6.07) is 20.2. The van der Waals surface area contributed by atoms with Crippen LogP contribution in [-0.2, 0) is 0 Å². The van der Waals surface area contributed by atoms with Gasteiger partial charge in [0.1, 0.15) is 17.3 Å². The molecule has 0 aliphatic rings. The Kier molecular flexibility index (Phi) is 6.07. The summed E-state index contributed by atoms with van der Waals surface area (Å²) in [5.41, 5.74) is 5.52. The van der Waals surface area contributed by atoms with Crippen LogP contribution in [0.5, 0.6) is 11.5 Å². The van der Waals surface area contributed by atoms with Crippen LogP contribution in [0.1, 0.15) is 15.9 Å². The Hall–Kier alpha value is -4.26. The fourth-order valence-electron chi connectivity index (χ4n) is 3.29. The molecule has 7 heteroatoms. The van der Waals surface area contributed by atoms with E-state index in [1.165, 1.54) is 18.3 Å². The SMILES string of the molecule is COc1ccc(OC)c(-c2cc(C(=O)NN=Cc3ccc(F)cc3)c3ccccc3n2)c1. The molecule has 0 radical (unpaired) electrons. The largest absolute Gasteiger partial charge is 0.497 e. The topological polar surface area (TPSA) is 72.8 Å². The van der Waals surface area contributed by atoms with Crippen molar-refractivity contribution in [1.29, 1.82) is 0 Å². The number of aromatic nitrogens is 1. The summed E-state index contributed by atoms with van der Waals surface area (Å²) < 4.78 is 23.9. The van der Waals surface area contributed by atoms with Crippen LogP contribution < -0.4 is 14.9 Å². The monoisotopic (exact) mass is 429 g/mol.